The lowest BCUT2D eigenvalue weighted by molar-refractivity contribution is -0.145. The van der Waals surface area contributed by atoms with Gasteiger partial charge < -0.3 is 41.3 Å². The molecule has 0 spiro atoms. The quantitative estimate of drug-likeness (QED) is 0.0831. The minimum Gasteiger partial charge on any atom is -0.492 e. The second-order valence-corrected chi connectivity index (χ2v) is 23.2. The zero-order chi connectivity index (χ0) is 51.4. The van der Waals surface area contributed by atoms with Crippen molar-refractivity contribution in [2.45, 2.75) is 107 Å². The summed E-state index contributed by atoms with van der Waals surface area (Å²) in [6.45, 7) is 16.0. The molecule has 0 bridgehead atoms. The Morgan fingerprint density at radius 1 is 1.01 bits per heavy atom. The number of aryl methyl sites for hydroxylation is 1. The van der Waals surface area contributed by atoms with Crippen molar-refractivity contribution in [2.24, 2.45) is 16.6 Å². The van der Waals surface area contributed by atoms with E-state index in [-0.39, 0.29) is 50.2 Å². The predicted octanol–water partition coefficient (Wildman–Crippen LogP) is 5.52. The highest BCUT2D eigenvalue weighted by Gasteiger charge is 2.53. The van der Waals surface area contributed by atoms with Crippen LogP contribution < -0.4 is 31.3 Å². The number of aliphatic hydroxyl groups excluding tert-OH is 1. The summed E-state index contributed by atoms with van der Waals surface area (Å²) in [7, 11) is 0. The number of rotatable bonds is 18. The average molecular weight is 1050 g/mol. The molecule has 4 fully saturated rings. The number of β-amino-alcohol motifs (C(OH)–C–C–N with tert-alkyl or cyclic N) is 1. The smallest absolute Gasteiger partial charge is 0.258 e. The number of piperidine rings is 1. The predicted molar refractivity (Wildman–Crippen MR) is 278 cm³/mol. The van der Waals surface area contributed by atoms with Crippen molar-refractivity contribution in [3.63, 3.8) is 0 Å². The van der Waals surface area contributed by atoms with Crippen LogP contribution in [-0.2, 0) is 25.7 Å². The monoisotopic (exact) mass is 1050 g/mol. The van der Waals surface area contributed by atoms with Crippen LogP contribution in [0.5, 0.6) is 5.75 Å². The Bertz CT molecular complexity index is 2580. The van der Waals surface area contributed by atoms with Gasteiger partial charge >= 0.3 is 0 Å². The van der Waals surface area contributed by atoms with E-state index in [0.717, 1.165) is 71.4 Å². The number of nitrogens with one attached hydrogen (secondary N) is 3. The highest BCUT2D eigenvalue weighted by atomic mass is 35.5. The average Bonchev–Trinajstić information content (AvgIpc) is 3.76. The number of alkyl halides is 1. The van der Waals surface area contributed by atoms with Crippen molar-refractivity contribution in [3.8, 4) is 16.2 Å². The fraction of sp³-hybridized carbons (Fsp3) is 0.549. The summed E-state index contributed by atoms with van der Waals surface area (Å²) in [5.41, 5.74) is 8.25. The normalized spacial score (nSPS) is 20.5. The maximum absolute atomic E-state index is 14.7. The van der Waals surface area contributed by atoms with Crippen molar-refractivity contribution < 1.29 is 33.4 Å². The maximum Gasteiger partial charge on any atom is 0.258 e. The molecule has 2 aromatic carbocycles. The van der Waals surface area contributed by atoms with Crippen LogP contribution in [0.15, 0.2) is 64.2 Å². The van der Waals surface area contributed by atoms with Gasteiger partial charge in [0.25, 0.3) is 5.91 Å². The molecular formula is C51H67ClFN11O6S2. The molecule has 2 aromatic heterocycles. The van der Waals surface area contributed by atoms with Crippen molar-refractivity contribution in [3.05, 3.63) is 70.6 Å². The van der Waals surface area contributed by atoms with Gasteiger partial charge in [0.15, 0.2) is 5.67 Å². The van der Waals surface area contributed by atoms with Crippen molar-refractivity contribution in [2.75, 3.05) is 82.3 Å². The molecule has 0 radical (unpaired) electrons. The van der Waals surface area contributed by atoms with E-state index < -0.39 is 47.0 Å². The lowest BCUT2D eigenvalue weighted by atomic mass is 9.80. The number of amides is 4. The minimum atomic E-state index is -1.98. The molecule has 5 heterocycles. The number of nitrogens with two attached hydrogens (primary N) is 1. The van der Waals surface area contributed by atoms with E-state index in [1.807, 2.05) is 37.3 Å². The molecule has 3 aliphatic heterocycles. The first-order valence-corrected chi connectivity index (χ1v) is 26.8. The summed E-state index contributed by atoms with van der Waals surface area (Å²) < 4.78 is 21.1. The Kier molecular flexibility index (Phi) is 16.8. The molecule has 8 rings (SSSR count). The van der Waals surface area contributed by atoms with Crippen LogP contribution in [0.4, 0.5) is 15.9 Å². The summed E-state index contributed by atoms with van der Waals surface area (Å²) >= 11 is 9.75. The number of carbonyl (C=O) groups excluding carboxylic acids is 4. The van der Waals surface area contributed by atoms with E-state index in [1.165, 1.54) is 28.0 Å². The van der Waals surface area contributed by atoms with Crippen LogP contribution in [0, 0.1) is 17.8 Å². The number of piperazine rings is 1. The van der Waals surface area contributed by atoms with Crippen molar-refractivity contribution in [1.29, 1.82) is 0 Å². The number of ether oxygens (including phenoxy) is 1. The van der Waals surface area contributed by atoms with Gasteiger partial charge in [0.2, 0.25) is 17.7 Å². The van der Waals surface area contributed by atoms with Gasteiger partial charge in [-0.3, -0.25) is 29.0 Å². The summed E-state index contributed by atoms with van der Waals surface area (Å²) in [6.07, 6.45) is 4.86. The summed E-state index contributed by atoms with van der Waals surface area (Å²) in [5.74, 6) is -0.571. The molecule has 4 amide bonds. The van der Waals surface area contributed by atoms with Gasteiger partial charge in [0.05, 0.1) is 51.8 Å². The molecule has 6 N–H and O–H groups in total. The van der Waals surface area contributed by atoms with Crippen molar-refractivity contribution in [1.82, 2.24) is 40.3 Å². The first-order chi connectivity index (χ1) is 34.3. The number of carbonyl (C=O) groups is 4. The molecule has 388 valence electrons. The largest absolute Gasteiger partial charge is 0.492 e. The van der Waals surface area contributed by atoms with E-state index in [1.54, 1.807) is 44.7 Å². The molecule has 3 atom stereocenters. The number of halogens is 2. The highest BCUT2D eigenvalue weighted by molar-refractivity contribution is 7.99. The van der Waals surface area contributed by atoms with E-state index in [4.69, 9.17) is 22.1 Å². The van der Waals surface area contributed by atoms with Crippen LogP contribution in [0.2, 0.25) is 5.02 Å². The number of nitrogens with zero attached hydrogens (tertiary/aromatic N) is 7. The minimum absolute atomic E-state index is 0.0181. The topological polar surface area (TPSA) is 211 Å². The number of hydrogen-bond acceptors (Lipinski definition) is 15. The molecule has 1 aliphatic carbocycles. The van der Waals surface area contributed by atoms with Crippen LogP contribution in [0.25, 0.3) is 10.4 Å². The van der Waals surface area contributed by atoms with Gasteiger partial charge in [0, 0.05) is 75.8 Å². The van der Waals surface area contributed by atoms with Crippen LogP contribution in [-0.4, -0.2) is 154 Å². The van der Waals surface area contributed by atoms with Crippen LogP contribution in [0.3, 0.4) is 0 Å². The molecule has 4 aliphatic rings. The number of hydrogen-bond donors (Lipinski definition) is 5. The number of benzene rings is 2. The second-order valence-electron chi connectivity index (χ2n) is 20.9. The number of aromatic nitrogens is 3. The zero-order valence-corrected chi connectivity index (χ0v) is 44.1. The van der Waals surface area contributed by atoms with Gasteiger partial charge in [-0.05, 0) is 73.7 Å². The SMILES string of the molecule is Cc1ncsc1-c1ccc(CNC(=O)[C@@H]2C[C@@H](O)CN2C(=O)[C@@H](NC(=O)C2(F)CC2)C(C)(C)C)c(OCCN2CCN(CC(=O)Nc3cccc(Sc4cnc(N5CCC(C)(CN)CC5)cn4)c3Cl)CC2)c1. The third-order valence-electron chi connectivity index (χ3n) is 14.2. The van der Waals surface area contributed by atoms with Gasteiger partial charge in [-0.2, -0.15) is 0 Å². The van der Waals surface area contributed by atoms with Crippen molar-refractivity contribution >= 4 is 69.8 Å². The zero-order valence-electron chi connectivity index (χ0n) is 41.7. The first-order valence-electron chi connectivity index (χ1n) is 24.7. The second kappa shape index (κ2) is 22.7. The Balaban J connectivity index is 0.819. The summed E-state index contributed by atoms with van der Waals surface area (Å²) in [4.78, 5) is 77.3. The Hall–Kier alpha value is -4.96. The van der Waals surface area contributed by atoms with Gasteiger partial charge in [0.1, 0.15) is 35.3 Å². The molecule has 0 unspecified atom stereocenters. The Morgan fingerprint density at radius 3 is 2.40 bits per heavy atom. The fourth-order valence-electron chi connectivity index (χ4n) is 9.23. The number of likely N-dealkylation sites (tertiary alicyclic amines) is 1. The van der Waals surface area contributed by atoms with Crippen LogP contribution in [0.1, 0.15) is 71.1 Å². The molecule has 3 saturated heterocycles. The first kappa shape index (κ1) is 53.3. The third kappa shape index (κ3) is 13.0. The molecule has 4 aromatic rings. The van der Waals surface area contributed by atoms with Gasteiger partial charge in [-0.1, -0.05) is 69.3 Å². The van der Waals surface area contributed by atoms with Gasteiger partial charge in [-0.25, -0.2) is 19.3 Å². The summed E-state index contributed by atoms with van der Waals surface area (Å²) in [5, 5.41) is 20.4. The molecule has 21 heteroatoms. The standard InChI is InChI=1S/C51H67ClFN11O6S2/c1-32-44(71-31-58-32)33-9-10-34(25-57-46(67)37-24-35(65)28-64(37)47(68)45(49(2,3)4)60-48(69)51(53)11-12-51)38(23-33)70-22-21-61-17-19-62(20-18-61)29-41(66)59-36-7-6-8-39(43(36)52)72-42-27-55-40(26-56-42)63-15-13-50(5,30-54)14-16-63/h6-10,23,26-27,31,35,37,45,65H,11-22,24-25,28-30,54H2,1-5H3,(H,57,67)(H,59,66)(H,60,69)/t35-,37+,45-/m1/s1. The van der Waals surface area contributed by atoms with Gasteiger partial charge in [-0.15, -0.1) is 11.3 Å². The fourth-order valence-corrected chi connectivity index (χ4v) is 11.1. The molecule has 17 nitrogen and oxygen atoms in total. The number of aliphatic hydroxyl groups is 1. The lowest BCUT2D eigenvalue weighted by Crippen LogP contribution is -2.59. The highest BCUT2D eigenvalue weighted by Crippen LogP contribution is 2.41. The number of anilines is 2. The molecular weight excluding hydrogens is 981 g/mol. The van der Waals surface area contributed by atoms with E-state index in [9.17, 15) is 28.7 Å². The Labute approximate surface area is 434 Å². The molecule has 1 saturated carbocycles. The number of thiazole rings is 1. The molecule has 72 heavy (non-hydrogen) atoms. The van der Waals surface area contributed by atoms with E-state index in [2.05, 4.69) is 52.5 Å². The third-order valence-corrected chi connectivity index (χ3v) is 16.7. The Morgan fingerprint density at radius 2 is 1.75 bits per heavy atom. The summed E-state index contributed by atoms with van der Waals surface area (Å²) in [6, 6.07) is 9.25. The van der Waals surface area contributed by atoms with Crippen LogP contribution >= 0.6 is 34.7 Å². The lowest BCUT2D eigenvalue weighted by Gasteiger charge is -2.39. The van der Waals surface area contributed by atoms with E-state index >= 15 is 0 Å². The van der Waals surface area contributed by atoms with E-state index in [0.29, 0.717) is 54.3 Å². The maximum atomic E-state index is 14.7.